The molecule has 1 aromatic rings. The summed E-state index contributed by atoms with van der Waals surface area (Å²) in [5.41, 5.74) is -0.119. The molecule has 0 aromatic heterocycles. The summed E-state index contributed by atoms with van der Waals surface area (Å²) in [4.78, 5) is 22.2. The van der Waals surface area contributed by atoms with E-state index in [0.717, 1.165) is 0 Å². The monoisotopic (exact) mass is 266 g/mol. The van der Waals surface area contributed by atoms with Crippen molar-refractivity contribution in [3.8, 4) is 11.5 Å². The number of carbonyl (C=O) groups excluding carboxylic acids is 2. The van der Waals surface area contributed by atoms with Crippen LogP contribution >= 0.6 is 0 Å². The van der Waals surface area contributed by atoms with Crippen LogP contribution in [0.1, 0.15) is 31.1 Å². The normalized spacial score (nSPS) is 10.7. The van der Waals surface area contributed by atoms with Gasteiger partial charge in [-0.25, -0.2) is 4.79 Å². The van der Waals surface area contributed by atoms with Crippen molar-refractivity contribution in [1.82, 2.24) is 0 Å². The van der Waals surface area contributed by atoms with E-state index in [0.29, 0.717) is 23.3 Å². The number of esters is 1. The molecular weight excluding hydrogens is 248 g/mol. The summed E-state index contributed by atoms with van der Waals surface area (Å²) in [7, 11) is 1.46. The van der Waals surface area contributed by atoms with E-state index >= 15 is 0 Å². The molecule has 0 N–H and O–H groups in total. The molecule has 0 fully saturated rings. The maximum atomic E-state index is 11.5. The Morgan fingerprint density at radius 1 is 1.32 bits per heavy atom. The van der Waals surface area contributed by atoms with Gasteiger partial charge in [0.25, 0.3) is 0 Å². The number of hydrogen-bond donors (Lipinski definition) is 0. The van der Waals surface area contributed by atoms with E-state index in [4.69, 9.17) is 14.2 Å². The van der Waals surface area contributed by atoms with Crippen LogP contribution in [-0.2, 0) is 9.53 Å². The average molecular weight is 266 g/mol. The second kappa shape index (κ2) is 6.22. The van der Waals surface area contributed by atoms with Gasteiger partial charge in [-0.3, -0.25) is 4.79 Å². The Morgan fingerprint density at radius 3 is 2.53 bits per heavy atom. The van der Waals surface area contributed by atoms with Crippen LogP contribution in [0.5, 0.6) is 11.5 Å². The Hall–Kier alpha value is -2.04. The van der Waals surface area contributed by atoms with Crippen molar-refractivity contribution >= 4 is 12.3 Å². The molecule has 0 aliphatic heterocycles. The number of carbonyl (C=O) groups is 2. The third-order valence-electron chi connectivity index (χ3n) is 2.11. The highest BCUT2D eigenvalue weighted by atomic mass is 16.6. The quantitative estimate of drug-likeness (QED) is 0.604. The summed E-state index contributed by atoms with van der Waals surface area (Å²) in [5, 5.41) is 0. The fourth-order valence-corrected chi connectivity index (χ4v) is 1.39. The molecule has 0 aliphatic rings. The van der Waals surface area contributed by atoms with E-state index in [1.807, 2.05) is 0 Å². The van der Waals surface area contributed by atoms with Gasteiger partial charge >= 0.3 is 5.97 Å². The SMILES string of the molecule is COc1cc(OCC(=O)OC(C)(C)C)ccc1C=O. The van der Waals surface area contributed by atoms with Crippen LogP contribution in [-0.4, -0.2) is 31.6 Å². The summed E-state index contributed by atoms with van der Waals surface area (Å²) in [6.45, 7) is 5.16. The van der Waals surface area contributed by atoms with Crippen LogP contribution in [0.3, 0.4) is 0 Å². The third kappa shape index (κ3) is 4.99. The van der Waals surface area contributed by atoms with Crippen LogP contribution in [0.2, 0.25) is 0 Å². The van der Waals surface area contributed by atoms with Gasteiger partial charge in [-0.05, 0) is 32.9 Å². The van der Waals surface area contributed by atoms with Gasteiger partial charge in [0.05, 0.1) is 12.7 Å². The van der Waals surface area contributed by atoms with Crippen molar-refractivity contribution in [1.29, 1.82) is 0 Å². The zero-order chi connectivity index (χ0) is 14.5. The van der Waals surface area contributed by atoms with Crippen LogP contribution in [0.25, 0.3) is 0 Å². The summed E-state index contributed by atoms with van der Waals surface area (Å²) < 4.78 is 15.4. The van der Waals surface area contributed by atoms with Gasteiger partial charge in [-0.15, -0.1) is 0 Å². The number of ether oxygens (including phenoxy) is 3. The van der Waals surface area contributed by atoms with Crippen molar-refractivity contribution < 1.29 is 23.8 Å². The van der Waals surface area contributed by atoms with E-state index < -0.39 is 11.6 Å². The highest BCUT2D eigenvalue weighted by Gasteiger charge is 2.16. The first-order valence-electron chi connectivity index (χ1n) is 5.83. The molecule has 0 saturated carbocycles. The average Bonchev–Trinajstić information content (AvgIpc) is 2.33. The third-order valence-corrected chi connectivity index (χ3v) is 2.11. The molecule has 1 rings (SSSR count). The molecule has 5 nitrogen and oxygen atoms in total. The fourth-order valence-electron chi connectivity index (χ4n) is 1.39. The van der Waals surface area contributed by atoms with Gasteiger partial charge in [-0.2, -0.15) is 0 Å². The summed E-state index contributed by atoms with van der Waals surface area (Å²) in [5.74, 6) is 0.385. The molecule has 0 radical (unpaired) electrons. The summed E-state index contributed by atoms with van der Waals surface area (Å²) in [6.07, 6.45) is 0.691. The Bertz CT molecular complexity index is 459. The number of rotatable bonds is 5. The molecule has 0 atom stereocenters. The van der Waals surface area contributed by atoms with E-state index in [1.54, 1.807) is 39.0 Å². The molecule has 0 spiro atoms. The zero-order valence-corrected chi connectivity index (χ0v) is 11.6. The van der Waals surface area contributed by atoms with Gasteiger partial charge in [0.1, 0.15) is 17.1 Å². The number of methoxy groups -OCH3 is 1. The first-order valence-corrected chi connectivity index (χ1v) is 5.83. The van der Waals surface area contributed by atoms with Gasteiger partial charge in [0.15, 0.2) is 12.9 Å². The second-order valence-corrected chi connectivity index (χ2v) is 4.90. The lowest BCUT2D eigenvalue weighted by atomic mass is 10.2. The maximum Gasteiger partial charge on any atom is 0.344 e. The maximum absolute atomic E-state index is 11.5. The van der Waals surface area contributed by atoms with E-state index in [1.165, 1.54) is 7.11 Å². The van der Waals surface area contributed by atoms with Crippen LogP contribution in [0, 0.1) is 0 Å². The molecule has 0 amide bonds. The first kappa shape index (κ1) is 15.0. The predicted molar refractivity (Wildman–Crippen MR) is 69.7 cm³/mol. The molecule has 0 bridgehead atoms. The van der Waals surface area contributed by atoms with Gasteiger partial charge in [-0.1, -0.05) is 0 Å². The second-order valence-electron chi connectivity index (χ2n) is 4.90. The van der Waals surface area contributed by atoms with Crippen molar-refractivity contribution in [2.75, 3.05) is 13.7 Å². The minimum atomic E-state index is -0.542. The number of hydrogen-bond acceptors (Lipinski definition) is 5. The number of aldehydes is 1. The smallest absolute Gasteiger partial charge is 0.344 e. The van der Waals surface area contributed by atoms with Crippen molar-refractivity contribution in [2.24, 2.45) is 0 Å². The van der Waals surface area contributed by atoms with E-state index in [9.17, 15) is 9.59 Å². The molecule has 0 saturated heterocycles. The van der Waals surface area contributed by atoms with Crippen LogP contribution in [0.4, 0.5) is 0 Å². The predicted octanol–water partition coefficient (Wildman–Crippen LogP) is 2.23. The first-order chi connectivity index (χ1) is 8.85. The minimum absolute atomic E-state index is 0.194. The molecular formula is C14H18O5. The molecule has 0 heterocycles. The molecule has 1 aromatic carbocycles. The Labute approximate surface area is 112 Å². The zero-order valence-electron chi connectivity index (χ0n) is 11.6. The Balaban J connectivity index is 2.63. The highest BCUT2D eigenvalue weighted by Crippen LogP contribution is 2.23. The highest BCUT2D eigenvalue weighted by molar-refractivity contribution is 5.79. The molecule has 0 unspecified atom stereocenters. The van der Waals surface area contributed by atoms with Crippen molar-refractivity contribution in [2.45, 2.75) is 26.4 Å². The number of benzene rings is 1. The lowest BCUT2D eigenvalue weighted by Gasteiger charge is -2.19. The molecule has 0 aliphatic carbocycles. The fraction of sp³-hybridized carbons (Fsp3) is 0.429. The molecule has 5 heteroatoms. The largest absolute Gasteiger partial charge is 0.496 e. The minimum Gasteiger partial charge on any atom is -0.496 e. The van der Waals surface area contributed by atoms with Gasteiger partial charge < -0.3 is 14.2 Å². The Kier molecular flexibility index (Phi) is 4.92. The van der Waals surface area contributed by atoms with Crippen molar-refractivity contribution in [3.63, 3.8) is 0 Å². The summed E-state index contributed by atoms with van der Waals surface area (Å²) in [6, 6.07) is 4.71. The van der Waals surface area contributed by atoms with E-state index in [2.05, 4.69) is 0 Å². The Morgan fingerprint density at radius 2 is 2.00 bits per heavy atom. The van der Waals surface area contributed by atoms with Crippen molar-refractivity contribution in [3.05, 3.63) is 23.8 Å². The standard InChI is InChI=1S/C14H18O5/c1-14(2,3)19-13(16)9-18-11-6-5-10(8-15)12(7-11)17-4/h5-8H,9H2,1-4H3. The lowest BCUT2D eigenvalue weighted by Crippen LogP contribution is -2.27. The van der Waals surface area contributed by atoms with Crippen LogP contribution in [0.15, 0.2) is 18.2 Å². The van der Waals surface area contributed by atoms with E-state index in [-0.39, 0.29) is 6.61 Å². The lowest BCUT2D eigenvalue weighted by molar-refractivity contribution is -0.157. The molecule has 104 valence electrons. The van der Waals surface area contributed by atoms with Gasteiger partial charge in [0, 0.05) is 6.07 Å². The molecule has 19 heavy (non-hydrogen) atoms. The summed E-state index contributed by atoms with van der Waals surface area (Å²) >= 11 is 0. The van der Waals surface area contributed by atoms with Crippen LogP contribution < -0.4 is 9.47 Å². The van der Waals surface area contributed by atoms with Gasteiger partial charge in [0.2, 0.25) is 0 Å². The topological polar surface area (TPSA) is 61.8 Å².